The average molecular weight is 363 g/mol. The smallest absolute Gasteiger partial charge is 0.287 e. The van der Waals surface area contributed by atoms with Crippen LogP contribution in [0, 0.1) is 5.92 Å². The molecular weight excluding hydrogens is 336 g/mol. The van der Waals surface area contributed by atoms with E-state index in [1.165, 1.54) is 32.1 Å². The van der Waals surface area contributed by atoms with Crippen LogP contribution in [0.2, 0.25) is 0 Å². The van der Waals surface area contributed by atoms with Gasteiger partial charge < -0.3 is 10.1 Å². The summed E-state index contributed by atoms with van der Waals surface area (Å²) in [4.78, 5) is 0. The third-order valence-electron chi connectivity index (χ3n) is 4.73. The van der Waals surface area contributed by atoms with Crippen molar-refractivity contribution in [3.63, 3.8) is 0 Å². The van der Waals surface area contributed by atoms with Gasteiger partial charge in [-0.3, -0.25) is 0 Å². The molecule has 6 heteroatoms. The lowest BCUT2D eigenvalue weighted by atomic mass is 9.89. The number of ether oxygens (including phenoxy) is 1. The van der Waals surface area contributed by atoms with E-state index in [0.29, 0.717) is 23.9 Å². The lowest BCUT2D eigenvalue weighted by Gasteiger charge is -2.25. The van der Waals surface area contributed by atoms with Crippen molar-refractivity contribution in [1.29, 1.82) is 0 Å². The predicted octanol–water partition coefficient (Wildman–Crippen LogP) is 4.22. The molecule has 1 N–H and O–H groups in total. The highest BCUT2D eigenvalue weighted by Gasteiger charge is 2.30. The molecule has 25 heavy (non-hydrogen) atoms. The quantitative estimate of drug-likeness (QED) is 0.749. The van der Waals surface area contributed by atoms with Crippen LogP contribution < -0.4 is 10.1 Å². The number of halogens is 1. The summed E-state index contributed by atoms with van der Waals surface area (Å²) in [6, 6.07) is 10.8. The van der Waals surface area contributed by atoms with Gasteiger partial charge >= 0.3 is 0 Å². The molecule has 0 saturated heterocycles. The zero-order valence-electron chi connectivity index (χ0n) is 14.7. The van der Waals surface area contributed by atoms with Gasteiger partial charge in [0.25, 0.3) is 5.60 Å². The Bertz CT molecular complexity index is 669. The second kappa shape index (κ2) is 8.29. The van der Waals surface area contributed by atoms with Crippen LogP contribution in [0.25, 0.3) is 0 Å². The van der Waals surface area contributed by atoms with Gasteiger partial charge in [-0.2, -0.15) is 9.49 Å². The van der Waals surface area contributed by atoms with Crippen LogP contribution in [0.3, 0.4) is 0 Å². The van der Waals surface area contributed by atoms with Gasteiger partial charge in [-0.15, -0.1) is 0 Å². The summed E-state index contributed by atoms with van der Waals surface area (Å²) >= 11 is 0. The van der Waals surface area contributed by atoms with E-state index in [2.05, 4.69) is 19.7 Å². The summed E-state index contributed by atoms with van der Waals surface area (Å²) in [6.45, 7) is 1.42. The summed E-state index contributed by atoms with van der Waals surface area (Å²) < 4.78 is 22.7. The van der Waals surface area contributed by atoms with Crippen molar-refractivity contribution in [2.24, 2.45) is 5.92 Å². The summed E-state index contributed by atoms with van der Waals surface area (Å²) in [5.74, 6) is 1.07. The largest absolute Gasteiger partial charge is 0.434 e. The maximum absolute atomic E-state index is 15.1. The first-order chi connectivity index (χ1) is 12.1. The fourth-order valence-corrected chi connectivity index (χ4v) is 3.73. The molecule has 2 atom stereocenters. The molecule has 1 aliphatic rings. The molecule has 136 valence electrons. The number of nitrogens with zero attached hydrogens (tertiary/aromatic N) is 2. The standard InChI is InChI=1S/C19H27FN3OP/c1-21-13-17-12-18(23(22-17)14-15-8-4-2-5-9-15)24-19(20,25)16-10-6-3-7-11-16/h3,6-7,10-12,15,21H,2,4-5,8-9,13-14,25H2,1H3. The van der Waals surface area contributed by atoms with E-state index < -0.39 is 5.60 Å². The average Bonchev–Trinajstić information content (AvgIpc) is 2.97. The van der Waals surface area contributed by atoms with Gasteiger partial charge in [0.2, 0.25) is 5.88 Å². The van der Waals surface area contributed by atoms with E-state index in [-0.39, 0.29) is 0 Å². The molecular formula is C19H27FN3OP. The van der Waals surface area contributed by atoms with E-state index >= 15 is 4.39 Å². The van der Waals surface area contributed by atoms with Crippen LogP contribution in [0.5, 0.6) is 5.88 Å². The van der Waals surface area contributed by atoms with Gasteiger partial charge in [0, 0.05) is 24.7 Å². The Morgan fingerprint density at radius 1 is 1.28 bits per heavy atom. The molecule has 1 aromatic heterocycles. The van der Waals surface area contributed by atoms with E-state index in [1.807, 2.05) is 36.0 Å². The summed E-state index contributed by atoms with van der Waals surface area (Å²) in [5.41, 5.74) is -0.634. The number of benzene rings is 1. The van der Waals surface area contributed by atoms with E-state index in [0.717, 1.165) is 12.2 Å². The topological polar surface area (TPSA) is 39.1 Å². The molecule has 0 bridgehead atoms. The molecule has 1 aromatic carbocycles. The number of hydrogen-bond donors (Lipinski definition) is 1. The second-order valence-electron chi connectivity index (χ2n) is 6.80. The molecule has 1 aliphatic carbocycles. The third kappa shape index (κ3) is 4.80. The maximum atomic E-state index is 15.1. The van der Waals surface area contributed by atoms with Gasteiger partial charge in [0.05, 0.1) is 5.69 Å². The van der Waals surface area contributed by atoms with Crippen molar-refractivity contribution >= 4 is 9.24 Å². The highest BCUT2D eigenvalue weighted by atomic mass is 31.0. The van der Waals surface area contributed by atoms with Gasteiger partial charge in [0.15, 0.2) is 0 Å². The van der Waals surface area contributed by atoms with Crippen LogP contribution >= 0.6 is 9.24 Å². The Morgan fingerprint density at radius 3 is 2.68 bits per heavy atom. The van der Waals surface area contributed by atoms with Crippen molar-refractivity contribution in [2.45, 2.75) is 50.8 Å². The lowest BCUT2D eigenvalue weighted by molar-refractivity contribution is 0.0148. The van der Waals surface area contributed by atoms with Crippen LogP contribution in [-0.4, -0.2) is 16.8 Å². The van der Waals surface area contributed by atoms with Gasteiger partial charge in [-0.05, 0) is 35.0 Å². The molecule has 0 amide bonds. The Hall–Kier alpha value is -1.45. The molecule has 3 rings (SSSR count). The molecule has 2 unspecified atom stereocenters. The fraction of sp³-hybridized carbons (Fsp3) is 0.526. The van der Waals surface area contributed by atoms with Gasteiger partial charge in [0.1, 0.15) is 0 Å². The maximum Gasteiger partial charge on any atom is 0.287 e. The predicted molar refractivity (Wildman–Crippen MR) is 101 cm³/mol. The molecule has 1 heterocycles. The summed E-state index contributed by atoms with van der Waals surface area (Å²) in [6.07, 6.45) is 6.28. The molecule has 1 saturated carbocycles. The highest BCUT2D eigenvalue weighted by molar-refractivity contribution is 7.17. The molecule has 4 nitrogen and oxygen atoms in total. The number of hydrogen-bond acceptors (Lipinski definition) is 3. The summed E-state index contributed by atoms with van der Waals surface area (Å²) in [5, 5.41) is 7.72. The monoisotopic (exact) mass is 363 g/mol. The molecule has 2 aromatic rings. The first kappa shape index (κ1) is 18.3. The number of aromatic nitrogens is 2. The number of nitrogens with one attached hydrogen (secondary N) is 1. The van der Waals surface area contributed by atoms with Crippen molar-refractivity contribution in [1.82, 2.24) is 15.1 Å². The van der Waals surface area contributed by atoms with Crippen molar-refractivity contribution in [3.05, 3.63) is 47.7 Å². The molecule has 0 spiro atoms. The van der Waals surface area contributed by atoms with Gasteiger partial charge in [-0.1, -0.05) is 49.6 Å². The molecule has 1 fully saturated rings. The Kier molecular flexibility index (Phi) is 6.08. The second-order valence-corrected chi connectivity index (χ2v) is 7.55. The Morgan fingerprint density at radius 2 is 2.00 bits per heavy atom. The molecule has 0 radical (unpaired) electrons. The normalized spacial score (nSPS) is 18.0. The Balaban J connectivity index is 1.80. The van der Waals surface area contributed by atoms with E-state index in [4.69, 9.17) is 4.74 Å². The van der Waals surface area contributed by atoms with Gasteiger partial charge in [-0.25, -0.2) is 4.68 Å². The van der Waals surface area contributed by atoms with Crippen molar-refractivity contribution < 1.29 is 9.13 Å². The minimum Gasteiger partial charge on any atom is -0.434 e. The van der Waals surface area contributed by atoms with Crippen molar-refractivity contribution in [2.75, 3.05) is 7.05 Å². The summed E-state index contributed by atoms with van der Waals surface area (Å²) in [7, 11) is 4.06. The van der Waals surface area contributed by atoms with Crippen molar-refractivity contribution in [3.8, 4) is 5.88 Å². The first-order valence-electron chi connectivity index (χ1n) is 9.02. The minimum absolute atomic E-state index is 0.473. The van der Waals surface area contributed by atoms with Crippen LogP contribution in [0.1, 0.15) is 43.4 Å². The minimum atomic E-state index is -1.97. The van der Waals surface area contributed by atoms with Crippen LogP contribution in [-0.2, 0) is 18.7 Å². The van der Waals surface area contributed by atoms with Crippen LogP contribution in [0.4, 0.5) is 4.39 Å². The zero-order valence-corrected chi connectivity index (χ0v) is 15.9. The van der Waals surface area contributed by atoms with E-state index in [9.17, 15) is 0 Å². The van der Waals surface area contributed by atoms with Crippen LogP contribution in [0.15, 0.2) is 36.4 Å². The fourth-order valence-electron chi connectivity index (χ4n) is 3.42. The SMILES string of the molecule is CNCc1cc(OC(F)(P)c2ccccc2)n(CC2CCCCC2)n1. The lowest BCUT2D eigenvalue weighted by Crippen LogP contribution is -2.23. The zero-order chi connectivity index (χ0) is 17.7. The third-order valence-corrected chi connectivity index (χ3v) is 5.18. The molecule has 0 aliphatic heterocycles. The first-order valence-corrected chi connectivity index (χ1v) is 9.60. The van der Waals surface area contributed by atoms with E-state index in [1.54, 1.807) is 12.1 Å². The Labute approximate surface area is 151 Å². The highest BCUT2D eigenvalue weighted by Crippen LogP contribution is 2.37. The number of rotatable bonds is 7. The number of alkyl halides is 1.